The number of hydrogen-bond donors (Lipinski definition) is 0. The molecule has 9 heteroatoms. The first kappa shape index (κ1) is 28.0. The summed E-state index contributed by atoms with van der Waals surface area (Å²) in [5.41, 5.74) is 6.37. The highest BCUT2D eigenvalue weighted by atomic mass is 32.1. The molecule has 41 heavy (non-hydrogen) atoms. The maximum atomic E-state index is 14.0. The Hall–Kier alpha value is -4.50. The van der Waals surface area contributed by atoms with E-state index in [9.17, 15) is 14.4 Å². The predicted molar refractivity (Wildman–Crippen MR) is 158 cm³/mol. The zero-order valence-electron chi connectivity index (χ0n) is 23.8. The molecule has 0 spiro atoms. The lowest BCUT2D eigenvalue weighted by Gasteiger charge is -2.24. The molecule has 8 nitrogen and oxygen atoms in total. The van der Waals surface area contributed by atoms with Crippen molar-refractivity contribution in [1.82, 2.24) is 9.13 Å². The molecule has 2 aromatic heterocycles. The van der Waals surface area contributed by atoms with E-state index in [1.54, 1.807) is 24.5 Å². The Kier molecular flexibility index (Phi) is 7.64. The number of hydrogen-bond acceptors (Lipinski definition) is 7. The second kappa shape index (κ2) is 11.2. The molecule has 0 saturated carbocycles. The molecule has 0 radical (unpaired) electrons. The van der Waals surface area contributed by atoms with Gasteiger partial charge in [0.15, 0.2) is 4.80 Å². The quantitative estimate of drug-likeness (QED) is 0.323. The lowest BCUT2D eigenvalue weighted by atomic mass is 9.96. The molecule has 1 aliphatic rings. The number of thiazole rings is 1. The molecular formula is C32H31N3O5S. The smallest absolute Gasteiger partial charge is 0.338 e. The van der Waals surface area contributed by atoms with Gasteiger partial charge in [0.25, 0.3) is 5.56 Å². The summed E-state index contributed by atoms with van der Waals surface area (Å²) in [5, 5.41) is 0. The number of methoxy groups -OCH3 is 1. The number of allylic oxidation sites excluding steroid dienone is 1. The molecule has 0 amide bonds. The summed E-state index contributed by atoms with van der Waals surface area (Å²) in [4.78, 5) is 44.5. The van der Waals surface area contributed by atoms with E-state index < -0.39 is 18.0 Å². The Morgan fingerprint density at radius 2 is 1.76 bits per heavy atom. The van der Waals surface area contributed by atoms with Crippen molar-refractivity contribution in [2.45, 2.75) is 40.7 Å². The van der Waals surface area contributed by atoms with Crippen LogP contribution in [0, 0.1) is 20.8 Å². The van der Waals surface area contributed by atoms with Gasteiger partial charge >= 0.3 is 11.9 Å². The number of rotatable bonds is 6. The molecule has 2 aromatic carbocycles. The summed E-state index contributed by atoms with van der Waals surface area (Å²) in [6.45, 7) is 9.61. The number of esters is 2. The molecule has 3 heterocycles. The summed E-state index contributed by atoms with van der Waals surface area (Å²) in [5.74, 6) is -0.872. The number of benzene rings is 2. The fourth-order valence-corrected chi connectivity index (χ4v) is 6.42. The Bertz CT molecular complexity index is 1890. The van der Waals surface area contributed by atoms with Crippen LogP contribution in [0.2, 0.25) is 0 Å². The first-order valence-electron chi connectivity index (χ1n) is 13.3. The van der Waals surface area contributed by atoms with Gasteiger partial charge in [0, 0.05) is 17.1 Å². The molecule has 0 bridgehead atoms. The number of carbonyl (C=O) groups is 2. The maximum absolute atomic E-state index is 14.0. The third-order valence-electron chi connectivity index (χ3n) is 7.34. The zero-order chi connectivity index (χ0) is 29.4. The van der Waals surface area contributed by atoms with Crippen molar-refractivity contribution in [3.8, 4) is 5.69 Å². The summed E-state index contributed by atoms with van der Waals surface area (Å²) in [6, 6.07) is 16.4. The molecule has 0 fully saturated rings. The number of nitrogens with zero attached hydrogens (tertiary/aromatic N) is 3. The molecule has 1 aliphatic heterocycles. The molecule has 5 rings (SSSR count). The minimum atomic E-state index is -0.648. The predicted octanol–water partition coefficient (Wildman–Crippen LogP) is 4.30. The van der Waals surface area contributed by atoms with Gasteiger partial charge in [-0.3, -0.25) is 9.36 Å². The standard InChI is InChI=1S/C32H31N3O5S/c1-7-40-31(38)27-20(4)33-32-35(28(27)22-12-9-8-10-13-22)29(36)26(41-32)17-23-16-18(2)34(21(23)5)25-15-11-14-24(19(25)3)30(37)39-6/h8-17,28H,7H2,1-6H3/b26-17+/t28-/m0/s1. The largest absolute Gasteiger partial charge is 0.465 e. The van der Waals surface area contributed by atoms with Crippen molar-refractivity contribution in [3.05, 3.63) is 119 Å². The van der Waals surface area contributed by atoms with Crippen LogP contribution in [0.25, 0.3) is 11.8 Å². The average Bonchev–Trinajstić information content (AvgIpc) is 3.41. The van der Waals surface area contributed by atoms with E-state index in [1.807, 2.05) is 75.4 Å². The highest BCUT2D eigenvalue weighted by molar-refractivity contribution is 7.07. The van der Waals surface area contributed by atoms with Crippen LogP contribution in [0.5, 0.6) is 0 Å². The summed E-state index contributed by atoms with van der Waals surface area (Å²) in [7, 11) is 1.37. The van der Waals surface area contributed by atoms with Crippen LogP contribution in [0.1, 0.15) is 58.3 Å². The number of aromatic nitrogens is 2. The van der Waals surface area contributed by atoms with E-state index in [0.717, 1.165) is 33.8 Å². The normalized spacial score (nSPS) is 15.0. The molecular weight excluding hydrogens is 538 g/mol. The van der Waals surface area contributed by atoms with E-state index >= 15 is 0 Å². The second-order valence-corrected chi connectivity index (χ2v) is 10.8. The van der Waals surface area contributed by atoms with E-state index in [0.29, 0.717) is 26.2 Å². The van der Waals surface area contributed by atoms with Crippen LogP contribution in [-0.2, 0) is 14.3 Å². The van der Waals surface area contributed by atoms with Gasteiger partial charge in [-0.1, -0.05) is 47.7 Å². The fraction of sp³-hybridized carbons (Fsp3) is 0.250. The first-order valence-corrected chi connectivity index (χ1v) is 14.1. The van der Waals surface area contributed by atoms with Gasteiger partial charge in [-0.25, -0.2) is 14.6 Å². The van der Waals surface area contributed by atoms with E-state index in [4.69, 9.17) is 9.47 Å². The third-order valence-corrected chi connectivity index (χ3v) is 8.32. The molecule has 1 atom stereocenters. The van der Waals surface area contributed by atoms with Gasteiger partial charge in [-0.2, -0.15) is 0 Å². The van der Waals surface area contributed by atoms with Crippen molar-refractivity contribution in [3.63, 3.8) is 0 Å². The molecule has 0 saturated heterocycles. The third kappa shape index (κ3) is 4.86. The van der Waals surface area contributed by atoms with Gasteiger partial charge in [-0.05, 0) is 75.6 Å². The van der Waals surface area contributed by atoms with Crippen molar-refractivity contribution in [1.29, 1.82) is 0 Å². The monoisotopic (exact) mass is 569 g/mol. The van der Waals surface area contributed by atoms with Crippen molar-refractivity contribution in [2.24, 2.45) is 4.99 Å². The summed E-state index contributed by atoms with van der Waals surface area (Å²) in [6.07, 6.45) is 1.87. The van der Waals surface area contributed by atoms with Crippen LogP contribution in [-0.4, -0.2) is 34.8 Å². The van der Waals surface area contributed by atoms with Gasteiger partial charge in [0.2, 0.25) is 0 Å². The van der Waals surface area contributed by atoms with E-state index in [-0.39, 0.29) is 12.2 Å². The molecule has 210 valence electrons. The Labute approximate surface area is 241 Å². The van der Waals surface area contributed by atoms with Gasteiger partial charge < -0.3 is 14.0 Å². The second-order valence-electron chi connectivity index (χ2n) is 9.82. The number of aryl methyl sites for hydroxylation is 1. The van der Waals surface area contributed by atoms with Crippen LogP contribution < -0.4 is 14.9 Å². The molecule has 0 aliphatic carbocycles. The van der Waals surface area contributed by atoms with Crippen molar-refractivity contribution >= 4 is 29.4 Å². The number of fused-ring (bicyclic) bond motifs is 1. The Morgan fingerprint density at radius 3 is 2.44 bits per heavy atom. The summed E-state index contributed by atoms with van der Waals surface area (Å²) < 4.78 is 14.5. The van der Waals surface area contributed by atoms with Crippen LogP contribution >= 0.6 is 11.3 Å². The number of ether oxygens (including phenoxy) is 2. The van der Waals surface area contributed by atoms with E-state index in [1.165, 1.54) is 18.4 Å². The lowest BCUT2D eigenvalue weighted by molar-refractivity contribution is -0.139. The Balaban J connectivity index is 1.68. The molecule has 0 unspecified atom stereocenters. The molecule has 0 N–H and O–H groups in total. The van der Waals surface area contributed by atoms with Crippen molar-refractivity contribution < 1.29 is 19.1 Å². The topological polar surface area (TPSA) is 91.9 Å². The maximum Gasteiger partial charge on any atom is 0.338 e. The first-order chi connectivity index (χ1) is 19.7. The SMILES string of the molecule is CCOC(=O)C1=C(C)N=c2s/c(=C/c3cc(C)n(-c4cccc(C(=O)OC)c4C)c3C)c(=O)n2[C@H]1c1ccccc1. The highest BCUT2D eigenvalue weighted by Crippen LogP contribution is 2.31. The van der Waals surface area contributed by atoms with Gasteiger partial charge in [-0.15, -0.1) is 0 Å². The lowest BCUT2D eigenvalue weighted by Crippen LogP contribution is -2.39. The minimum Gasteiger partial charge on any atom is -0.465 e. The fourth-order valence-electron chi connectivity index (χ4n) is 5.38. The summed E-state index contributed by atoms with van der Waals surface area (Å²) >= 11 is 1.29. The average molecular weight is 570 g/mol. The van der Waals surface area contributed by atoms with Crippen LogP contribution in [0.3, 0.4) is 0 Å². The Morgan fingerprint density at radius 1 is 1.02 bits per heavy atom. The van der Waals surface area contributed by atoms with Gasteiger partial charge in [0.05, 0.1) is 41.1 Å². The van der Waals surface area contributed by atoms with Crippen LogP contribution in [0.4, 0.5) is 0 Å². The van der Waals surface area contributed by atoms with E-state index in [2.05, 4.69) is 9.56 Å². The minimum absolute atomic E-state index is 0.221. The highest BCUT2D eigenvalue weighted by Gasteiger charge is 2.33. The van der Waals surface area contributed by atoms with Crippen molar-refractivity contribution in [2.75, 3.05) is 13.7 Å². The van der Waals surface area contributed by atoms with Gasteiger partial charge in [0.1, 0.15) is 0 Å². The van der Waals surface area contributed by atoms with Crippen LogP contribution in [0.15, 0.2) is 75.7 Å². The molecule has 4 aromatic rings. The zero-order valence-corrected chi connectivity index (χ0v) is 24.7. The number of carbonyl (C=O) groups excluding carboxylic acids is 2.